The molecule has 2 N–H and O–H groups in total. The zero-order valence-electron chi connectivity index (χ0n) is 15.3. The van der Waals surface area contributed by atoms with E-state index in [1.807, 2.05) is 6.92 Å². The van der Waals surface area contributed by atoms with E-state index in [9.17, 15) is 18.0 Å². The van der Waals surface area contributed by atoms with Crippen molar-refractivity contribution >= 4 is 21.8 Å². The SMILES string of the molecule is CCNC(=O)[C@H](C)NC(=O)Cc1ccc(S(=O)(=O)N2CCCCC2)cc1. The fourth-order valence-corrected chi connectivity index (χ4v) is 4.42. The monoisotopic (exact) mass is 381 g/mol. The Hall–Kier alpha value is -1.93. The molecule has 2 amide bonds. The Labute approximate surface area is 155 Å². The van der Waals surface area contributed by atoms with Crippen molar-refractivity contribution in [2.45, 2.75) is 50.5 Å². The number of nitrogens with one attached hydrogen (secondary N) is 2. The normalized spacial score (nSPS) is 16.7. The van der Waals surface area contributed by atoms with Crippen molar-refractivity contribution in [2.75, 3.05) is 19.6 Å². The molecule has 0 radical (unpaired) electrons. The van der Waals surface area contributed by atoms with Crippen molar-refractivity contribution < 1.29 is 18.0 Å². The summed E-state index contributed by atoms with van der Waals surface area (Å²) in [5.41, 5.74) is 0.697. The van der Waals surface area contributed by atoms with E-state index in [1.165, 1.54) is 4.31 Å². The number of carbonyl (C=O) groups excluding carboxylic acids is 2. The molecule has 0 unspecified atom stereocenters. The number of amides is 2. The van der Waals surface area contributed by atoms with E-state index in [2.05, 4.69) is 10.6 Å². The molecule has 0 aliphatic carbocycles. The molecule has 0 aromatic heterocycles. The minimum Gasteiger partial charge on any atom is -0.355 e. The Morgan fingerprint density at radius 2 is 1.73 bits per heavy atom. The van der Waals surface area contributed by atoms with Crippen LogP contribution >= 0.6 is 0 Å². The van der Waals surface area contributed by atoms with Gasteiger partial charge in [-0.05, 0) is 44.4 Å². The van der Waals surface area contributed by atoms with Gasteiger partial charge in [-0.25, -0.2) is 8.42 Å². The number of likely N-dealkylation sites (N-methyl/N-ethyl adjacent to an activating group) is 1. The molecule has 26 heavy (non-hydrogen) atoms. The molecule has 144 valence electrons. The third-order valence-corrected chi connectivity index (χ3v) is 6.28. The molecule has 7 nitrogen and oxygen atoms in total. The maximum absolute atomic E-state index is 12.6. The Balaban J connectivity index is 1.96. The van der Waals surface area contributed by atoms with Crippen LogP contribution in [0, 0.1) is 0 Å². The first-order valence-corrected chi connectivity index (χ1v) is 10.4. The average molecular weight is 381 g/mol. The van der Waals surface area contributed by atoms with Gasteiger partial charge in [0.05, 0.1) is 11.3 Å². The molecule has 1 fully saturated rings. The van der Waals surface area contributed by atoms with Crippen LogP contribution in [0.15, 0.2) is 29.2 Å². The zero-order chi connectivity index (χ0) is 19.2. The quantitative estimate of drug-likeness (QED) is 0.738. The summed E-state index contributed by atoms with van der Waals surface area (Å²) >= 11 is 0. The van der Waals surface area contributed by atoms with E-state index in [0.29, 0.717) is 25.2 Å². The van der Waals surface area contributed by atoms with Crippen LogP contribution in [-0.2, 0) is 26.0 Å². The number of benzene rings is 1. The molecular formula is C18H27N3O4S. The molecule has 0 saturated carbocycles. The van der Waals surface area contributed by atoms with Crippen LogP contribution in [-0.4, -0.2) is 50.2 Å². The Morgan fingerprint density at radius 3 is 2.31 bits per heavy atom. The summed E-state index contributed by atoms with van der Waals surface area (Å²) in [6.07, 6.45) is 2.94. The van der Waals surface area contributed by atoms with Crippen LogP contribution in [0.2, 0.25) is 0 Å². The molecule has 1 aromatic carbocycles. The number of hydrogen-bond donors (Lipinski definition) is 2. The fourth-order valence-electron chi connectivity index (χ4n) is 2.90. The molecular weight excluding hydrogens is 354 g/mol. The van der Waals surface area contributed by atoms with Crippen molar-refractivity contribution in [2.24, 2.45) is 0 Å². The molecule has 8 heteroatoms. The van der Waals surface area contributed by atoms with E-state index in [0.717, 1.165) is 19.3 Å². The van der Waals surface area contributed by atoms with E-state index in [1.54, 1.807) is 31.2 Å². The van der Waals surface area contributed by atoms with Gasteiger partial charge in [0.15, 0.2) is 0 Å². The first-order chi connectivity index (χ1) is 12.3. The van der Waals surface area contributed by atoms with E-state index in [-0.39, 0.29) is 23.1 Å². The molecule has 1 aliphatic rings. The highest BCUT2D eigenvalue weighted by Crippen LogP contribution is 2.20. The standard InChI is InChI=1S/C18H27N3O4S/c1-3-19-18(23)14(2)20-17(22)13-15-7-9-16(10-8-15)26(24,25)21-11-5-4-6-12-21/h7-10,14H,3-6,11-13H2,1-2H3,(H,19,23)(H,20,22)/t14-/m0/s1. The minimum atomic E-state index is -3.46. The lowest BCUT2D eigenvalue weighted by molar-refractivity contribution is -0.128. The van der Waals surface area contributed by atoms with E-state index < -0.39 is 16.1 Å². The van der Waals surface area contributed by atoms with Crippen LogP contribution in [0.3, 0.4) is 0 Å². The van der Waals surface area contributed by atoms with Gasteiger partial charge in [-0.15, -0.1) is 0 Å². The maximum atomic E-state index is 12.6. The topological polar surface area (TPSA) is 95.6 Å². The third-order valence-electron chi connectivity index (χ3n) is 4.36. The van der Waals surface area contributed by atoms with Gasteiger partial charge >= 0.3 is 0 Å². The van der Waals surface area contributed by atoms with Gasteiger partial charge in [0.25, 0.3) is 0 Å². The first-order valence-electron chi connectivity index (χ1n) is 9.00. The van der Waals surface area contributed by atoms with E-state index in [4.69, 9.17) is 0 Å². The van der Waals surface area contributed by atoms with Gasteiger partial charge < -0.3 is 10.6 Å². The van der Waals surface area contributed by atoms with Gasteiger partial charge in [-0.1, -0.05) is 18.6 Å². The molecule has 1 aromatic rings. The summed E-state index contributed by atoms with van der Waals surface area (Å²) in [5, 5.41) is 5.28. The lowest BCUT2D eigenvalue weighted by Gasteiger charge is -2.25. The van der Waals surface area contributed by atoms with Crippen LogP contribution < -0.4 is 10.6 Å². The molecule has 2 rings (SSSR count). The highest BCUT2D eigenvalue weighted by Gasteiger charge is 2.25. The molecule has 0 bridgehead atoms. The van der Waals surface area contributed by atoms with Crippen LogP contribution in [0.1, 0.15) is 38.7 Å². The highest BCUT2D eigenvalue weighted by atomic mass is 32.2. The van der Waals surface area contributed by atoms with Crippen molar-refractivity contribution in [3.63, 3.8) is 0 Å². The molecule has 1 saturated heterocycles. The van der Waals surface area contributed by atoms with Crippen molar-refractivity contribution in [1.82, 2.24) is 14.9 Å². The first kappa shape index (κ1) is 20.4. The lowest BCUT2D eigenvalue weighted by Crippen LogP contribution is -2.45. The third kappa shape index (κ3) is 5.28. The summed E-state index contributed by atoms with van der Waals surface area (Å²) in [6.45, 7) is 5.06. The predicted octanol–water partition coefficient (Wildman–Crippen LogP) is 1.04. The predicted molar refractivity (Wildman–Crippen MR) is 99.0 cm³/mol. The number of rotatable bonds is 7. The Kier molecular flexibility index (Phi) is 7.16. The number of sulfonamides is 1. The van der Waals surface area contributed by atoms with Crippen LogP contribution in [0.5, 0.6) is 0 Å². The average Bonchev–Trinajstić information content (AvgIpc) is 2.63. The van der Waals surface area contributed by atoms with Gasteiger partial charge in [0.2, 0.25) is 21.8 Å². The summed E-state index contributed by atoms with van der Waals surface area (Å²) in [5.74, 6) is -0.515. The number of piperidine rings is 1. The van der Waals surface area contributed by atoms with Crippen molar-refractivity contribution in [3.8, 4) is 0 Å². The minimum absolute atomic E-state index is 0.0911. The zero-order valence-corrected chi connectivity index (χ0v) is 16.1. The van der Waals surface area contributed by atoms with Crippen LogP contribution in [0.4, 0.5) is 0 Å². The smallest absolute Gasteiger partial charge is 0.243 e. The Morgan fingerprint density at radius 1 is 1.12 bits per heavy atom. The number of carbonyl (C=O) groups is 2. The second-order valence-corrected chi connectivity index (χ2v) is 8.41. The summed E-state index contributed by atoms with van der Waals surface area (Å²) < 4.78 is 26.7. The summed E-state index contributed by atoms with van der Waals surface area (Å²) in [7, 11) is -3.46. The highest BCUT2D eigenvalue weighted by molar-refractivity contribution is 7.89. The fraction of sp³-hybridized carbons (Fsp3) is 0.556. The molecule has 1 atom stereocenters. The van der Waals surface area contributed by atoms with E-state index >= 15 is 0 Å². The molecule has 1 heterocycles. The summed E-state index contributed by atoms with van der Waals surface area (Å²) in [4.78, 5) is 23.9. The molecule has 1 aliphatic heterocycles. The van der Waals surface area contributed by atoms with Crippen LogP contribution in [0.25, 0.3) is 0 Å². The molecule has 0 spiro atoms. The second-order valence-electron chi connectivity index (χ2n) is 6.47. The number of hydrogen-bond acceptors (Lipinski definition) is 4. The second kappa shape index (κ2) is 9.14. The largest absolute Gasteiger partial charge is 0.355 e. The van der Waals surface area contributed by atoms with Gasteiger partial charge in [0, 0.05) is 19.6 Å². The lowest BCUT2D eigenvalue weighted by atomic mass is 10.1. The summed E-state index contributed by atoms with van der Waals surface area (Å²) in [6, 6.07) is 5.76. The Bertz CT molecular complexity index is 725. The van der Waals surface area contributed by atoms with Gasteiger partial charge in [-0.3, -0.25) is 9.59 Å². The van der Waals surface area contributed by atoms with Crippen molar-refractivity contribution in [1.29, 1.82) is 0 Å². The van der Waals surface area contributed by atoms with Gasteiger partial charge in [-0.2, -0.15) is 4.31 Å². The van der Waals surface area contributed by atoms with Gasteiger partial charge in [0.1, 0.15) is 6.04 Å². The van der Waals surface area contributed by atoms with Crippen molar-refractivity contribution in [3.05, 3.63) is 29.8 Å². The maximum Gasteiger partial charge on any atom is 0.243 e. The number of nitrogens with zero attached hydrogens (tertiary/aromatic N) is 1.